The lowest BCUT2D eigenvalue weighted by Crippen LogP contribution is -2.67. The minimum absolute atomic E-state index is 0.0355. The number of nitrogens with one attached hydrogen (secondary N) is 2. The van der Waals surface area contributed by atoms with Crippen LogP contribution in [-0.2, 0) is 15.1 Å². The second kappa shape index (κ2) is 7.45. The van der Waals surface area contributed by atoms with Crippen LogP contribution >= 0.6 is 23.2 Å². The number of aromatic amines is 1. The van der Waals surface area contributed by atoms with Crippen LogP contribution in [0.5, 0.6) is 0 Å². The molecule has 0 spiro atoms. The van der Waals surface area contributed by atoms with E-state index >= 15 is 0 Å². The average Bonchev–Trinajstić information content (AvgIpc) is 3.16. The van der Waals surface area contributed by atoms with Crippen LogP contribution in [0.1, 0.15) is 12.0 Å². The molecule has 1 aliphatic rings. The Morgan fingerprint density at radius 3 is 2.45 bits per heavy atom. The summed E-state index contributed by atoms with van der Waals surface area (Å²) in [6.07, 6.45) is 1.83. The van der Waals surface area contributed by atoms with Crippen molar-refractivity contribution in [2.75, 3.05) is 10.2 Å². The molecule has 1 atom stereocenters. The molecule has 0 radical (unpaired) electrons. The van der Waals surface area contributed by atoms with Gasteiger partial charge < -0.3 is 10.3 Å². The summed E-state index contributed by atoms with van der Waals surface area (Å²) in [5.41, 5.74) is 1.50. The van der Waals surface area contributed by atoms with Crippen LogP contribution in [0.15, 0.2) is 79.0 Å². The van der Waals surface area contributed by atoms with Gasteiger partial charge in [-0.1, -0.05) is 53.5 Å². The highest BCUT2D eigenvalue weighted by Gasteiger charge is 2.59. The molecule has 0 saturated carbocycles. The Kier molecular flexibility index (Phi) is 4.73. The van der Waals surface area contributed by atoms with E-state index in [9.17, 15) is 9.59 Å². The standard InChI is InChI=1S/C24H17Cl2N3O2/c25-15-5-3-7-17(11-15)28-23(31)24(20-14-27-21-10-2-1-9-19(20)21)13-22(30)29(24)18-8-4-6-16(26)12-18/h1-12,14,27H,13H2,(H,28,31). The molecule has 5 rings (SSSR count). The third kappa shape index (κ3) is 3.17. The van der Waals surface area contributed by atoms with Crippen molar-refractivity contribution in [1.29, 1.82) is 0 Å². The van der Waals surface area contributed by atoms with Gasteiger partial charge in [-0.2, -0.15) is 0 Å². The van der Waals surface area contributed by atoms with Gasteiger partial charge in [0.1, 0.15) is 0 Å². The predicted molar refractivity (Wildman–Crippen MR) is 124 cm³/mol. The zero-order valence-corrected chi connectivity index (χ0v) is 17.7. The number of fused-ring (bicyclic) bond motifs is 1. The van der Waals surface area contributed by atoms with E-state index in [1.54, 1.807) is 54.7 Å². The highest BCUT2D eigenvalue weighted by atomic mass is 35.5. The van der Waals surface area contributed by atoms with E-state index in [-0.39, 0.29) is 18.2 Å². The lowest BCUT2D eigenvalue weighted by Gasteiger charge is -2.50. The first-order valence-corrected chi connectivity index (χ1v) is 10.5. The molecule has 1 unspecified atom stereocenters. The average molecular weight is 450 g/mol. The number of carbonyl (C=O) groups excluding carboxylic acids is 2. The Bertz CT molecular complexity index is 1330. The van der Waals surface area contributed by atoms with Gasteiger partial charge in [-0.05, 0) is 42.5 Å². The van der Waals surface area contributed by atoms with E-state index in [1.807, 2.05) is 24.3 Å². The van der Waals surface area contributed by atoms with Gasteiger partial charge in [0.15, 0.2) is 5.54 Å². The number of hydrogen-bond acceptors (Lipinski definition) is 2. The molecule has 5 nitrogen and oxygen atoms in total. The van der Waals surface area contributed by atoms with E-state index in [4.69, 9.17) is 23.2 Å². The summed E-state index contributed by atoms with van der Waals surface area (Å²) in [6.45, 7) is 0. The Balaban J connectivity index is 1.67. The van der Waals surface area contributed by atoms with Gasteiger partial charge in [0.2, 0.25) is 5.91 Å². The van der Waals surface area contributed by atoms with Crippen molar-refractivity contribution >= 4 is 57.3 Å². The molecule has 7 heteroatoms. The molecule has 4 aromatic rings. The van der Waals surface area contributed by atoms with Gasteiger partial charge in [-0.3, -0.25) is 14.5 Å². The quantitative estimate of drug-likeness (QED) is 0.389. The zero-order valence-electron chi connectivity index (χ0n) is 16.2. The summed E-state index contributed by atoms with van der Waals surface area (Å²) in [4.78, 5) is 31.4. The van der Waals surface area contributed by atoms with Gasteiger partial charge in [0.25, 0.3) is 5.91 Å². The third-order valence-corrected chi connectivity index (χ3v) is 6.07. The van der Waals surface area contributed by atoms with Gasteiger partial charge in [-0.25, -0.2) is 0 Å². The van der Waals surface area contributed by atoms with E-state index in [0.717, 1.165) is 16.5 Å². The van der Waals surface area contributed by atoms with Crippen molar-refractivity contribution < 1.29 is 9.59 Å². The van der Waals surface area contributed by atoms with Crippen LogP contribution in [0.2, 0.25) is 10.0 Å². The molecule has 1 saturated heterocycles. The summed E-state index contributed by atoms with van der Waals surface area (Å²) in [5.74, 6) is -0.479. The minimum Gasteiger partial charge on any atom is -0.361 e. The van der Waals surface area contributed by atoms with Crippen molar-refractivity contribution in [2.24, 2.45) is 0 Å². The van der Waals surface area contributed by atoms with Crippen LogP contribution in [0.3, 0.4) is 0 Å². The summed E-state index contributed by atoms with van der Waals surface area (Å²) < 4.78 is 0. The van der Waals surface area contributed by atoms with Crippen molar-refractivity contribution in [3.8, 4) is 0 Å². The van der Waals surface area contributed by atoms with Crippen molar-refractivity contribution in [3.63, 3.8) is 0 Å². The SMILES string of the molecule is O=C1CC(C(=O)Nc2cccc(Cl)c2)(c2c[nH]c3ccccc23)N1c1cccc(Cl)c1. The molecule has 1 aliphatic heterocycles. The second-order valence-electron chi connectivity index (χ2n) is 7.46. The van der Waals surface area contributed by atoms with E-state index < -0.39 is 5.54 Å². The number of carbonyl (C=O) groups is 2. The molecule has 2 amide bonds. The van der Waals surface area contributed by atoms with Crippen LogP contribution in [-0.4, -0.2) is 16.8 Å². The number of aromatic nitrogens is 1. The maximum Gasteiger partial charge on any atom is 0.256 e. The highest BCUT2D eigenvalue weighted by Crippen LogP contribution is 2.48. The minimum atomic E-state index is -1.23. The Hall–Kier alpha value is -3.28. The Labute approximate surface area is 188 Å². The number of rotatable bonds is 4. The maximum absolute atomic E-state index is 13.8. The number of halogens is 2. The summed E-state index contributed by atoms with van der Waals surface area (Å²) >= 11 is 12.3. The highest BCUT2D eigenvalue weighted by molar-refractivity contribution is 6.31. The van der Waals surface area contributed by atoms with E-state index in [1.165, 1.54) is 4.90 Å². The number of anilines is 2. The molecular formula is C24H17Cl2N3O2. The Morgan fingerprint density at radius 2 is 1.71 bits per heavy atom. The van der Waals surface area contributed by atoms with Crippen LogP contribution in [0.4, 0.5) is 11.4 Å². The topological polar surface area (TPSA) is 65.2 Å². The third-order valence-electron chi connectivity index (χ3n) is 5.60. The molecular weight excluding hydrogens is 433 g/mol. The first kappa shape index (κ1) is 19.7. The summed E-state index contributed by atoms with van der Waals surface area (Å²) in [5, 5.41) is 4.82. The number of nitrogens with zero attached hydrogens (tertiary/aromatic N) is 1. The molecule has 0 bridgehead atoms. The number of amides is 2. The van der Waals surface area contributed by atoms with Gasteiger partial charge in [-0.15, -0.1) is 0 Å². The molecule has 154 valence electrons. The number of H-pyrrole nitrogens is 1. The first-order chi connectivity index (χ1) is 15.0. The summed E-state index contributed by atoms with van der Waals surface area (Å²) in [6, 6.07) is 21.6. The first-order valence-electron chi connectivity index (χ1n) is 9.71. The predicted octanol–water partition coefficient (Wildman–Crippen LogP) is 5.75. The molecule has 0 aliphatic carbocycles. The number of hydrogen-bond donors (Lipinski definition) is 2. The van der Waals surface area contributed by atoms with Crippen LogP contribution in [0, 0.1) is 0 Å². The van der Waals surface area contributed by atoms with Crippen molar-refractivity contribution in [3.05, 3.63) is 94.6 Å². The fourth-order valence-corrected chi connectivity index (χ4v) is 4.59. The lowest BCUT2D eigenvalue weighted by molar-refractivity contribution is -0.137. The van der Waals surface area contributed by atoms with Crippen molar-refractivity contribution in [2.45, 2.75) is 12.0 Å². The van der Waals surface area contributed by atoms with E-state index in [0.29, 0.717) is 21.4 Å². The van der Waals surface area contributed by atoms with Gasteiger partial charge in [0.05, 0.1) is 6.42 Å². The molecule has 2 N–H and O–H groups in total. The lowest BCUT2D eigenvalue weighted by atomic mass is 9.75. The van der Waals surface area contributed by atoms with Gasteiger partial charge in [0, 0.05) is 44.1 Å². The number of β-lactam (4-membered cyclic amide) rings is 1. The number of benzene rings is 3. The largest absolute Gasteiger partial charge is 0.361 e. The normalized spacial score (nSPS) is 18.1. The van der Waals surface area contributed by atoms with Gasteiger partial charge >= 0.3 is 0 Å². The fraction of sp³-hybridized carbons (Fsp3) is 0.0833. The molecule has 3 aromatic carbocycles. The smallest absolute Gasteiger partial charge is 0.256 e. The number of para-hydroxylation sites is 1. The van der Waals surface area contributed by atoms with Crippen molar-refractivity contribution in [1.82, 2.24) is 4.98 Å². The Morgan fingerprint density at radius 1 is 0.968 bits per heavy atom. The van der Waals surface area contributed by atoms with Crippen LogP contribution < -0.4 is 10.2 Å². The maximum atomic E-state index is 13.8. The monoisotopic (exact) mass is 449 g/mol. The van der Waals surface area contributed by atoms with Crippen LogP contribution in [0.25, 0.3) is 10.9 Å². The molecule has 31 heavy (non-hydrogen) atoms. The zero-order chi connectivity index (χ0) is 21.6. The van der Waals surface area contributed by atoms with E-state index in [2.05, 4.69) is 10.3 Å². The summed E-state index contributed by atoms with van der Waals surface area (Å²) in [7, 11) is 0. The fourth-order valence-electron chi connectivity index (χ4n) is 4.21. The second-order valence-corrected chi connectivity index (χ2v) is 8.33. The molecule has 2 heterocycles. The molecule has 1 aromatic heterocycles. The molecule has 1 fully saturated rings.